The summed E-state index contributed by atoms with van der Waals surface area (Å²) in [5, 5.41) is 18.2. The molecule has 5 nitrogen and oxygen atoms in total. The summed E-state index contributed by atoms with van der Waals surface area (Å²) in [7, 11) is 2.03. The Balaban J connectivity index is 1.86. The first kappa shape index (κ1) is 17.3. The molecule has 0 aromatic carbocycles. The van der Waals surface area contributed by atoms with E-state index < -0.39 is 0 Å². The molecule has 2 rings (SSSR count). The van der Waals surface area contributed by atoms with E-state index in [9.17, 15) is 5.11 Å². The highest BCUT2D eigenvalue weighted by atomic mass is 16.3. The maximum Gasteiger partial charge on any atom is 0.164 e. The van der Waals surface area contributed by atoms with Crippen LogP contribution in [-0.2, 0) is 0 Å². The number of pyridine rings is 1. The van der Waals surface area contributed by atoms with Crippen LogP contribution in [0.15, 0.2) is 18.2 Å². The fourth-order valence-electron chi connectivity index (χ4n) is 3.20. The molecule has 0 unspecified atom stereocenters. The van der Waals surface area contributed by atoms with Gasteiger partial charge in [0.15, 0.2) is 7.85 Å². The highest BCUT2D eigenvalue weighted by Crippen LogP contribution is 2.20. The van der Waals surface area contributed by atoms with Crippen LogP contribution >= 0.6 is 0 Å². The van der Waals surface area contributed by atoms with Crippen LogP contribution in [0.2, 0.25) is 0 Å². The number of piperidine rings is 1. The molecule has 0 spiro atoms. The highest BCUT2D eigenvalue weighted by molar-refractivity contribution is 6.30. The molecule has 0 atom stereocenters. The van der Waals surface area contributed by atoms with E-state index in [0.717, 1.165) is 63.3 Å². The first-order valence-electron chi connectivity index (χ1n) is 8.39. The van der Waals surface area contributed by atoms with E-state index in [1.807, 2.05) is 13.9 Å². The van der Waals surface area contributed by atoms with Crippen molar-refractivity contribution in [2.75, 3.05) is 44.3 Å². The zero-order chi connectivity index (χ0) is 15.8. The number of unbranched alkanes of at least 4 members (excludes halogenated alkanes) is 1. The molecule has 2 heterocycles. The first-order chi connectivity index (χ1) is 10.7. The number of hydrogen-bond acceptors (Lipinski definition) is 5. The molecular formula is C16H28BN3O2. The van der Waals surface area contributed by atoms with Gasteiger partial charge in [-0.15, -0.1) is 0 Å². The molecular weight excluding hydrogens is 277 g/mol. The molecule has 0 bridgehead atoms. The molecule has 0 saturated carbocycles. The lowest BCUT2D eigenvalue weighted by Gasteiger charge is -2.39. The minimum Gasteiger partial charge on any atom is -0.396 e. The Morgan fingerprint density at radius 2 is 1.91 bits per heavy atom. The largest absolute Gasteiger partial charge is 0.396 e. The van der Waals surface area contributed by atoms with E-state index in [1.54, 1.807) is 0 Å². The molecule has 0 aliphatic carbocycles. The maximum absolute atomic E-state index is 9.27. The second-order valence-electron chi connectivity index (χ2n) is 6.05. The quantitative estimate of drug-likeness (QED) is 0.495. The molecule has 1 aromatic heterocycles. The van der Waals surface area contributed by atoms with Crippen LogP contribution in [0.1, 0.15) is 25.7 Å². The van der Waals surface area contributed by atoms with Crippen LogP contribution in [0.3, 0.4) is 0 Å². The van der Waals surface area contributed by atoms with Crippen LogP contribution in [-0.4, -0.2) is 73.4 Å². The molecule has 2 N–H and O–H groups in total. The van der Waals surface area contributed by atoms with Gasteiger partial charge in [0.1, 0.15) is 5.82 Å². The molecule has 1 aliphatic heterocycles. The van der Waals surface area contributed by atoms with E-state index in [-0.39, 0.29) is 13.2 Å². The van der Waals surface area contributed by atoms with Gasteiger partial charge in [0, 0.05) is 32.3 Å². The lowest BCUT2D eigenvalue weighted by Crippen LogP contribution is -2.46. The van der Waals surface area contributed by atoms with E-state index in [2.05, 4.69) is 26.9 Å². The van der Waals surface area contributed by atoms with Crippen molar-refractivity contribution in [3.63, 3.8) is 0 Å². The molecule has 122 valence electrons. The number of rotatable bonds is 8. The number of nitrogens with zero attached hydrogens (tertiary/aromatic N) is 3. The number of aliphatic hydroxyl groups is 2. The summed E-state index contributed by atoms with van der Waals surface area (Å²) < 4.78 is 0. The van der Waals surface area contributed by atoms with Crippen LogP contribution in [0.4, 0.5) is 5.82 Å². The summed E-state index contributed by atoms with van der Waals surface area (Å²) >= 11 is 0. The van der Waals surface area contributed by atoms with Crippen LogP contribution < -0.4 is 10.5 Å². The topological polar surface area (TPSA) is 59.8 Å². The van der Waals surface area contributed by atoms with Crippen molar-refractivity contribution >= 4 is 19.3 Å². The van der Waals surface area contributed by atoms with Crippen LogP contribution in [0.5, 0.6) is 0 Å². The van der Waals surface area contributed by atoms with Gasteiger partial charge >= 0.3 is 0 Å². The monoisotopic (exact) mass is 305 g/mol. The van der Waals surface area contributed by atoms with Gasteiger partial charge in [-0.1, -0.05) is 12.1 Å². The van der Waals surface area contributed by atoms with Gasteiger partial charge in [0.05, 0.1) is 6.61 Å². The normalized spacial score (nSPS) is 16.4. The standard InChI is InChI=1S/C16H28BN3O2/c17-15-4-3-5-16(18-15)20-9-6-14(7-10-20)19(11-13-22)8-1-2-12-21/h3-5,14,21-22H,1-2,6-13,17H2. The summed E-state index contributed by atoms with van der Waals surface area (Å²) in [5.41, 5.74) is 1.06. The third-order valence-corrected chi connectivity index (χ3v) is 4.42. The predicted molar refractivity (Wildman–Crippen MR) is 92.6 cm³/mol. The van der Waals surface area contributed by atoms with E-state index >= 15 is 0 Å². The zero-order valence-electron chi connectivity index (χ0n) is 13.6. The molecule has 0 radical (unpaired) electrons. The molecule has 6 heteroatoms. The molecule has 1 aliphatic rings. The van der Waals surface area contributed by atoms with Crippen molar-refractivity contribution in [3.8, 4) is 0 Å². The maximum atomic E-state index is 9.27. The summed E-state index contributed by atoms with van der Waals surface area (Å²) in [5.74, 6) is 1.08. The number of aliphatic hydroxyl groups excluding tert-OH is 2. The Morgan fingerprint density at radius 1 is 1.14 bits per heavy atom. The van der Waals surface area contributed by atoms with Gasteiger partial charge in [-0.2, -0.15) is 0 Å². The second kappa shape index (κ2) is 9.13. The summed E-state index contributed by atoms with van der Waals surface area (Å²) in [6, 6.07) is 6.71. The second-order valence-corrected chi connectivity index (χ2v) is 6.05. The molecule has 0 amide bonds. The van der Waals surface area contributed by atoms with Gasteiger partial charge in [-0.3, -0.25) is 4.90 Å². The van der Waals surface area contributed by atoms with E-state index in [1.165, 1.54) is 0 Å². The molecule has 1 saturated heterocycles. The van der Waals surface area contributed by atoms with Crippen molar-refractivity contribution in [1.29, 1.82) is 0 Å². The predicted octanol–water partition coefficient (Wildman–Crippen LogP) is -0.624. The third-order valence-electron chi connectivity index (χ3n) is 4.42. The van der Waals surface area contributed by atoms with Crippen LogP contribution in [0, 0.1) is 0 Å². The Labute approximate surface area is 134 Å². The lowest BCUT2D eigenvalue weighted by atomic mass is 10.0. The Bertz CT molecular complexity index is 439. The summed E-state index contributed by atoms with van der Waals surface area (Å²) in [6.07, 6.45) is 4.05. The Morgan fingerprint density at radius 3 is 2.55 bits per heavy atom. The fraction of sp³-hybridized carbons (Fsp3) is 0.688. The lowest BCUT2D eigenvalue weighted by molar-refractivity contribution is 0.128. The van der Waals surface area contributed by atoms with Gasteiger partial charge in [0.25, 0.3) is 0 Å². The van der Waals surface area contributed by atoms with Gasteiger partial charge in [-0.25, -0.2) is 4.98 Å². The molecule has 1 aromatic rings. The minimum absolute atomic E-state index is 0.207. The number of hydrogen-bond donors (Lipinski definition) is 2. The van der Waals surface area contributed by atoms with Crippen molar-refractivity contribution in [2.45, 2.75) is 31.7 Å². The minimum atomic E-state index is 0.207. The van der Waals surface area contributed by atoms with Gasteiger partial charge in [-0.05, 0) is 43.9 Å². The van der Waals surface area contributed by atoms with Crippen molar-refractivity contribution in [3.05, 3.63) is 18.2 Å². The van der Waals surface area contributed by atoms with E-state index in [4.69, 9.17) is 5.11 Å². The SMILES string of the molecule is Bc1cccc(N2CCC(N(CCO)CCCCO)CC2)n1. The first-order valence-corrected chi connectivity index (χ1v) is 8.39. The zero-order valence-corrected chi connectivity index (χ0v) is 13.6. The molecule has 1 fully saturated rings. The van der Waals surface area contributed by atoms with Crippen molar-refractivity contribution < 1.29 is 10.2 Å². The molecule has 22 heavy (non-hydrogen) atoms. The average Bonchev–Trinajstić information content (AvgIpc) is 2.54. The van der Waals surface area contributed by atoms with Crippen molar-refractivity contribution in [2.24, 2.45) is 0 Å². The van der Waals surface area contributed by atoms with Gasteiger partial charge in [0.2, 0.25) is 0 Å². The number of anilines is 1. The smallest absolute Gasteiger partial charge is 0.164 e. The van der Waals surface area contributed by atoms with Gasteiger partial charge < -0.3 is 15.1 Å². The summed E-state index contributed by atoms with van der Waals surface area (Å²) in [4.78, 5) is 9.35. The van der Waals surface area contributed by atoms with E-state index in [0.29, 0.717) is 6.04 Å². The average molecular weight is 305 g/mol. The fourth-order valence-corrected chi connectivity index (χ4v) is 3.20. The Kier molecular flexibility index (Phi) is 7.16. The Hall–Kier alpha value is -1.11. The number of aromatic nitrogens is 1. The summed E-state index contributed by atoms with van der Waals surface area (Å²) in [6.45, 7) is 4.20. The van der Waals surface area contributed by atoms with Crippen molar-refractivity contribution in [1.82, 2.24) is 9.88 Å². The third kappa shape index (κ3) is 4.97. The van der Waals surface area contributed by atoms with Crippen LogP contribution in [0.25, 0.3) is 0 Å². The highest BCUT2D eigenvalue weighted by Gasteiger charge is 2.24.